The van der Waals surface area contributed by atoms with E-state index in [1.807, 2.05) is 18.2 Å². The Bertz CT molecular complexity index is 2940. The van der Waals surface area contributed by atoms with Crippen LogP contribution in [0.4, 0.5) is 0 Å². The van der Waals surface area contributed by atoms with Crippen LogP contribution in [0.15, 0.2) is 206 Å². The Morgan fingerprint density at radius 2 is 0.873 bits per heavy atom. The molecular formula is C51H34N4. The molecule has 4 nitrogen and oxygen atoms in total. The summed E-state index contributed by atoms with van der Waals surface area (Å²) in [7, 11) is 0. The molecule has 0 unspecified atom stereocenters. The third-order valence-corrected chi connectivity index (χ3v) is 10.2. The van der Waals surface area contributed by atoms with Crippen LogP contribution in [-0.2, 0) is 0 Å². The third-order valence-electron chi connectivity index (χ3n) is 10.2. The summed E-state index contributed by atoms with van der Waals surface area (Å²) in [6.07, 6.45) is 0. The van der Waals surface area contributed by atoms with Crippen LogP contribution in [0, 0.1) is 0 Å². The van der Waals surface area contributed by atoms with Crippen molar-refractivity contribution in [3.8, 4) is 78.7 Å². The van der Waals surface area contributed by atoms with Crippen LogP contribution in [0.2, 0.25) is 0 Å². The highest BCUT2D eigenvalue weighted by Gasteiger charge is 2.22. The SMILES string of the molecule is c1ccc(-c2cccc(-c3cc(-c4ccccc4)nc(-c4ccc5c(c4)cc(-c4ccccc4)n4nc(-c6ccccc6)c(-c6ccccc6)c54)n3)c2)cc1. The maximum Gasteiger partial charge on any atom is 0.160 e. The molecule has 10 aromatic rings. The summed E-state index contributed by atoms with van der Waals surface area (Å²) in [5, 5.41) is 7.57. The van der Waals surface area contributed by atoms with Crippen molar-refractivity contribution in [3.63, 3.8) is 0 Å². The first-order chi connectivity index (χ1) is 27.3. The molecule has 55 heavy (non-hydrogen) atoms. The highest BCUT2D eigenvalue weighted by Crippen LogP contribution is 2.42. The number of pyridine rings is 1. The van der Waals surface area contributed by atoms with Gasteiger partial charge >= 0.3 is 0 Å². The lowest BCUT2D eigenvalue weighted by atomic mass is 9.96. The minimum absolute atomic E-state index is 0.672. The van der Waals surface area contributed by atoms with Crippen molar-refractivity contribution in [2.75, 3.05) is 0 Å². The predicted octanol–water partition coefficient (Wildman–Crippen LogP) is 12.9. The molecule has 0 bridgehead atoms. The lowest BCUT2D eigenvalue weighted by molar-refractivity contribution is 0.979. The van der Waals surface area contributed by atoms with Gasteiger partial charge in [0.1, 0.15) is 5.69 Å². The van der Waals surface area contributed by atoms with Crippen molar-refractivity contribution in [2.45, 2.75) is 0 Å². The van der Waals surface area contributed by atoms with E-state index in [4.69, 9.17) is 15.1 Å². The van der Waals surface area contributed by atoms with E-state index in [0.717, 1.165) is 83.6 Å². The van der Waals surface area contributed by atoms with Gasteiger partial charge in [0.15, 0.2) is 5.82 Å². The van der Waals surface area contributed by atoms with Crippen LogP contribution in [0.25, 0.3) is 95.0 Å². The Kier molecular flexibility index (Phi) is 8.12. The Hall–Kier alpha value is -7.43. The van der Waals surface area contributed by atoms with Crippen molar-refractivity contribution >= 4 is 16.3 Å². The number of hydrogen-bond acceptors (Lipinski definition) is 3. The Morgan fingerprint density at radius 3 is 1.53 bits per heavy atom. The van der Waals surface area contributed by atoms with E-state index in [-0.39, 0.29) is 0 Å². The molecule has 0 aliphatic carbocycles. The fraction of sp³-hybridized carbons (Fsp3) is 0. The van der Waals surface area contributed by atoms with Crippen molar-refractivity contribution in [2.24, 2.45) is 0 Å². The van der Waals surface area contributed by atoms with E-state index in [0.29, 0.717) is 5.82 Å². The van der Waals surface area contributed by atoms with Crippen LogP contribution in [-0.4, -0.2) is 19.6 Å². The summed E-state index contributed by atoms with van der Waals surface area (Å²) < 4.78 is 2.13. The van der Waals surface area contributed by atoms with Crippen molar-refractivity contribution in [1.82, 2.24) is 19.6 Å². The first-order valence-electron chi connectivity index (χ1n) is 18.5. The number of aromatic nitrogens is 4. The molecule has 0 radical (unpaired) electrons. The van der Waals surface area contributed by atoms with Gasteiger partial charge in [0, 0.05) is 38.8 Å². The molecule has 0 fully saturated rings. The molecule has 0 aliphatic heterocycles. The largest absolute Gasteiger partial charge is 0.231 e. The fourth-order valence-corrected chi connectivity index (χ4v) is 7.55. The minimum Gasteiger partial charge on any atom is -0.231 e. The molecule has 0 N–H and O–H groups in total. The summed E-state index contributed by atoms with van der Waals surface area (Å²) in [5.74, 6) is 0.672. The van der Waals surface area contributed by atoms with Gasteiger partial charge in [-0.2, -0.15) is 5.10 Å². The van der Waals surface area contributed by atoms with Crippen molar-refractivity contribution in [3.05, 3.63) is 206 Å². The van der Waals surface area contributed by atoms with Gasteiger partial charge in [0.25, 0.3) is 0 Å². The second kappa shape index (κ2) is 13.8. The van der Waals surface area contributed by atoms with Gasteiger partial charge in [-0.15, -0.1) is 0 Å². The molecular weight excluding hydrogens is 669 g/mol. The summed E-state index contributed by atoms with van der Waals surface area (Å²) in [6, 6.07) is 72.0. The summed E-state index contributed by atoms with van der Waals surface area (Å²) in [5.41, 5.74) is 14.5. The zero-order valence-corrected chi connectivity index (χ0v) is 29.9. The van der Waals surface area contributed by atoms with Gasteiger partial charge < -0.3 is 0 Å². The van der Waals surface area contributed by atoms with E-state index in [9.17, 15) is 0 Å². The Balaban J connectivity index is 1.22. The normalized spacial score (nSPS) is 11.3. The molecule has 0 saturated heterocycles. The zero-order valence-electron chi connectivity index (χ0n) is 29.9. The number of hydrogen-bond donors (Lipinski definition) is 0. The summed E-state index contributed by atoms with van der Waals surface area (Å²) in [4.78, 5) is 10.5. The number of benzene rings is 7. The Labute approximate surface area is 319 Å². The van der Waals surface area contributed by atoms with E-state index in [1.165, 1.54) is 5.56 Å². The monoisotopic (exact) mass is 702 g/mol. The molecule has 0 amide bonds. The van der Waals surface area contributed by atoms with Gasteiger partial charge in [0.05, 0.1) is 22.6 Å². The minimum atomic E-state index is 0.672. The summed E-state index contributed by atoms with van der Waals surface area (Å²) in [6.45, 7) is 0. The summed E-state index contributed by atoms with van der Waals surface area (Å²) >= 11 is 0. The van der Waals surface area contributed by atoms with Gasteiger partial charge in [-0.25, -0.2) is 14.5 Å². The average Bonchev–Trinajstić information content (AvgIpc) is 3.68. The second-order valence-electron chi connectivity index (χ2n) is 13.7. The first kappa shape index (κ1) is 32.2. The molecule has 0 saturated carbocycles. The van der Waals surface area contributed by atoms with Crippen molar-refractivity contribution in [1.29, 1.82) is 0 Å². The topological polar surface area (TPSA) is 43.1 Å². The fourth-order valence-electron chi connectivity index (χ4n) is 7.55. The lowest BCUT2D eigenvalue weighted by Gasteiger charge is -2.13. The zero-order chi connectivity index (χ0) is 36.6. The first-order valence-corrected chi connectivity index (χ1v) is 18.5. The van der Waals surface area contributed by atoms with E-state index in [1.54, 1.807) is 0 Å². The van der Waals surface area contributed by atoms with E-state index in [2.05, 4.69) is 193 Å². The molecule has 0 aliphatic rings. The molecule has 3 heterocycles. The highest BCUT2D eigenvalue weighted by molar-refractivity contribution is 6.09. The molecule has 258 valence electrons. The van der Waals surface area contributed by atoms with Crippen LogP contribution in [0.1, 0.15) is 0 Å². The van der Waals surface area contributed by atoms with Crippen LogP contribution in [0.3, 0.4) is 0 Å². The second-order valence-corrected chi connectivity index (χ2v) is 13.7. The molecule has 7 aromatic carbocycles. The smallest absolute Gasteiger partial charge is 0.160 e. The number of fused-ring (bicyclic) bond motifs is 3. The van der Waals surface area contributed by atoms with Gasteiger partial charge in [0.2, 0.25) is 0 Å². The van der Waals surface area contributed by atoms with Crippen molar-refractivity contribution < 1.29 is 0 Å². The maximum atomic E-state index is 5.38. The molecule has 0 spiro atoms. The lowest BCUT2D eigenvalue weighted by Crippen LogP contribution is -1.98. The van der Waals surface area contributed by atoms with E-state index >= 15 is 0 Å². The maximum absolute atomic E-state index is 5.38. The Morgan fingerprint density at radius 1 is 0.345 bits per heavy atom. The van der Waals surface area contributed by atoms with Gasteiger partial charge in [-0.1, -0.05) is 182 Å². The van der Waals surface area contributed by atoms with Crippen LogP contribution >= 0.6 is 0 Å². The van der Waals surface area contributed by atoms with Gasteiger partial charge in [-0.3, -0.25) is 0 Å². The third kappa shape index (κ3) is 6.06. The molecule has 3 aromatic heterocycles. The molecule has 4 heteroatoms. The highest BCUT2D eigenvalue weighted by atomic mass is 15.2. The molecule has 10 rings (SSSR count). The van der Waals surface area contributed by atoms with E-state index < -0.39 is 0 Å². The standard InChI is InChI=1S/C51H34N4/c1-6-17-35(18-7-1)40-27-16-28-41(31-40)46-34-45(36-19-8-2-9-20-36)52-51(53-46)42-29-30-44-43(32-42)33-47(37-21-10-3-11-22-37)55-50(44)48(38-23-12-4-13-24-38)49(54-55)39-25-14-5-15-26-39/h1-34H. The van der Waals surface area contributed by atoms with Crippen LogP contribution < -0.4 is 0 Å². The number of nitrogens with zero attached hydrogens (tertiary/aromatic N) is 4. The number of rotatable bonds is 7. The van der Waals surface area contributed by atoms with Crippen LogP contribution in [0.5, 0.6) is 0 Å². The van der Waals surface area contributed by atoms with Gasteiger partial charge in [-0.05, 0) is 46.3 Å². The average molecular weight is 703 g/mol. The predicted molar refractivity (Wildman–Crippen MR) is 226 cm³/mol. The quantitative estimate of drug-likeness (QED) is 0.166. The molecule has 0 atom stereocenters.